The van der Waals surface area contributed by atoms with Gasteiger partial charge >= 0.3 is 0 Å². The lowest BCUT2D eigenvalue weighted by molar-refractivity contribution is 0.258. The first-order valence-electron chi connectivity index (χ1n) is 5.39. The Hall–Kier alpha value is -1.16. The highest BCUT2D eigenvalue weighted by Gasteiger charge is 2.05. The number of nitrogens with zero attached hydrogens (tertiary/aromatic N) is 2. The summed E-state index contributed by atoms with van der Waals surface area (Å²) in [6.07, 6.45) is 3.47. The van der Waals surface area contributed by atoms with Gasteiger partial charge in [0.1, 0.15) is 12.1 Å². The first-order valence-corrected chi connectivity index (χ1v) is 5.39. The van der Waals surface area contributed by atoms with Gasteiger partial charge < -0.3 is 10.4 Å². The molecule has 0 amide bonds. The molecule has 0 bridgehead atoms. The highest BCUT2D eigenvalue weighted by Crippen LogP contribution is 2.09. The number of aromatic nitrogens is 2. The van der Waals surface area contributed by atoms with Crippen LogP contribution in [-0.4, -0.2) is 28.2 Å². The lowest BCUT2D eigenvalue weighted by Crippen LogP contribution is -2.15. The van der Waals surface area contributed by atoms with E-state index in [1.165, 1.54) is 0 Å². The van der Waals surface area contributed by atoms with Crippen LogP contribution < -0.4 is 5.32 Å². The van der Waals surface area contributed by atoms with Gasteiger partial charge in [-0.05, 0) is 19.3 Å². The van der Waals surface area contributed by atoms with E-state index < -0.39 is 0 Å². The summed E-state index contributed by atoms with van der Waals surface area (Å²) < 4.78 is 0. The molecule has 0 saturated heterocycles. The van der Waals surface area contributed by atoms with Crippen molar-refractivity contribution in [2.45, 2.75) is 26.7 Å². The van der Waals surface area contributed by atoms with Crippen molar-refractivity contribution in [3.63, 3.8) is 0 Å². The number of aryl methyl sites for hydroxylation is 1. The third-order valence-electron chi connectivity index (χ3n) is 2.49. The van der Waals surface area contributed by atoms with Crippen LogP contribution in [0, 0.1) is 12.8 Å². The van der Waals surface area contributed by atoms with Crippen molar-refractivity contribution in [1.29, 1.82) is 0 Å². The zero-order chi connectivity index (χ0) is 11.1. The van der Waals surface area contributed by atoms with Crippen LogP contribution in [-0.2, 0) is 0 Å². The summed E-state index contributed by atoms with van der Waals surface area (Å²) in [7, 11) is 0. The van der Waals surface area contributed by atoms with Gasteiger partial charge in [0, 0.05) is 24.9 Å². The zero-order valence-corrected chi connectivity index (χ0v) is 9.40. The third kappa shape index (κ3) is 4.25. The molecule has 0 aliphatic carbocycles. The smallest absolute Gasteiger partial charge is 0.129 e. The minimum atomic E-state index is 0.253. The van der Waals surface area contributed by atoms with E-state index in [0.29, 0.717) is 5.92 Å². The lowest BCUT2D eigenvalue weighted by Gasteiger charge is -2.14. The molecular formula is C11H19N3O. The van der Waals surface area contributed by atoms with Crippen molar-refractivity contribution in [1.82, 2.24) is 9.97 Å². The quantitative estimate of drug-likeness (QED) is 0.747. The number of rotatable bonds is 6. The molecule has 0 spiro atoms. The van der Waals surface area contributed by atoms with Crippen LogP contribution in [0.5, 0.6) is 0 Å². The van der Waals surface area contributed by atoms with Crippen molar-refractivity contribution in [3.8, 4) is 0 Å². The molecule has 84 valence electrons. The van der Waals surface area contributed by atoms with Crippen LogP contribution >= 0.6 is 0 Å². The van der Waals surface area contributed by atoms with Gasteiger partial charge in [0.05, 0.1) is 0 Å². The lowest BCUT2D eigenvalue weighted by atomic mass is 10.0. The molecule has 1 aromatic heterocycles. The van der Waals surface area contributed by atoms with Crippen LogP contribution in [0.15, 0.2) is 12.4 Å². The van der Waals surface area contributed by atoms with Gasteiger partial charge in [0.15, 0.2) is 0 Å². The number of hydrogen-bond donors (Lipinski definition) is 2. The molecule has 4 nitrogen and oxygen atoms in total. The summed E-state index contributed by atoms with van der Waals surface area (Å²) in [5, 5.41) is 12.1. The fourth-order valence-electron chi connectivity index (χ4n) is 1.43. The Labute approximate surface area is 90.8 Å². The Morgan fingerprint density at radius 1 is 1.47 bits per heavy atom. The largest absolute Gasteiger partial charge is 0.396 e. The van der Waals surface area contributed by atoms with Gasteiger partial charge in [-0.1, -0.05) is 13.3 Å². The second-order valence-corrected chi connectivity index (χ2v) is 3.71. The Bertz CT molecular complexity index is 291. The Morgan fingerprint density at radius 3 is 2.87 bits per heavy atom. The minimum Gasteiger partial charge on any atom is -0.396 e. The maximum absolute atomic E-state index is 8.86. The van der Waals surface area contributed by atoms with Crippen LogP contribution in [0.1, 0.15) is 25.5 Å². The van der Waals surface area contributed by atoms with Crippen LogP contribution in [0.4, 0.5) is 5.82 Å². The van der Waals surface area contributed by atoms with Gasteiger partial charge in [-0.25, -0.2) is 9.97 Å². The predicted molar refractivity (Wildman–Crippen MR) is 60.7 cm³/mol. The molecular weight excluding hydrogens is 190 g/mol. The SMILES string of the molecule is CCC(CCO)CNc1cc(C)ncn1. The maximum atomic E-state index is 8.86. The average Bonchev–Trinajstić information content (AvgIpc) is 2.24. The number of hydrogen-bond acceptors (Lipinski definition) is 4. The molecule has 0 saturated carbocycles. The highest BCUT2D eigenvalue weighted by atomic mass is 16.3. The van der Waals surface area contributed by atoms with Crippen LogP contribution in [0.25, 0.3) is 0 Å². The second-order valence-electron chi connectivity index (χ2n) is 3.71. The normalized spacial score (nSPS) is 12.5. The van der Waals surface area contributed by atoms with Crippen molar-refractivity contribution in [2.75, 3.05) is 18.5 Å². The van der Waals surface area contributed by atoms with E-state index in [4.69, 9.17) is 5.11 Å². The first-order chi connectivity index (χ1) is 7.26. The number of anilines is 1. The van der Waals surface area contributed by atoms with Crippen molar-refractivity contribution in [2.24, 2.45) is 5.92 Å². The summed E-state index contributed by atoms with van der Waals surface area (Å²) in [6.45, 7) is 5.18. The Kier molecular flexibility index (Phi) is 5.04. The molecule has 0 aliphatic heterocycles. The predicted octanol–water partition coefficient (Wildman–Crippen LogP) is 1.61. The molecule has 1 rings (SSSR count). The van der Waals surface area contributed by atoms with E-state index in [-0.39, 0.29) is 6.61 Å². The standard InChI is InChI=1S/C11H19N3O/c1-3-10(4-5-15)7-12-11-6-9(2)13-8-14-11/h6,8,10,15H,3-5,7H2,1-2H3,(H,12,13,14). The van der Waals surface area contributed by atoms with Crippen molar-refractivity contribution < 1.29 is 5.11 Å². The molecule has 1 unspecified atom stereocenters. The third-order valence-corrected chi connectivity index (χ3v) is 2.49. The monoisotopic (exact) mass is 209 g/mol. The van der Waals surface area contributed by atoms with E-state index in [0.717, 1.165) is 30.9 Å². The topological polar surface area (TPSA) is 58.0 Å². The number of nitrogens with one attached hydrogen (secondary N) is 1. The van der Waals surface area contributed by atoms with Crippen molar-refractivity contribution in [3.05, 3.63) is 18.1 Å². The van der Waals surface area contributed by atoms with E-state index in [2.05, 4.69) is 22.2 Å². The van der Waals surface area contributed by atoms with Gasteiger partial charge in [-0.2, -0.15) is 0 Å². The molecule has 0 aromatic carbocycles. The molecule has 0 aliphatic rings. The molecule has 4 heteroatoms. The summed E-state index contributed by atoms with van der Waals surface area (Å²) in [5.41, 5.74) is 0.961. The maximum Gasteiger partial charge on any atom is 0.129 e. The molecule has 0 fully saturated rings. The van der Waals surface area contributed by atoms with Crippen molar-refractivity contribution >= 4 is 5.82 Å². The fraction of sp³-hybridized carbons (Fsp3) is 0.636. The summed E-state index contributed by atoms with van der Waals surface area (Å²) in [6, 6.07) is 1.92. The number of aliphatic hydroxyl groups is 1. The summed E-state index contributed by atoms with van der Waals surface area (Å²) in [4.78, 5) is 8.15. The number of aliphatic hydroxyl groups excluding tert-OH is 1. The summed E-state index contributed by atoms with van der Waals surface area (Å²) in [5.74, 6) is 1.36. The molecule has 1 atom stereocenters. The van der Waals surface area contributed by atoms with E-state index in [1.807, 2.05) is 13.0 Å². The fourth-order valence-corrected chi connectivity index (χ4v) is 1.43. The Balaban J connectivity index is 2.41. The van der Waals surface area contributed by atoms with Gasteiger partial charge in [0.2, 0.25) is 0 Å². The van der Waals surface area contributed by atoms with Crippen LogP contribution in [0.2, 0.25) is 0 Å². The zero-order valence-electron chi connectivity index (χ0n) is 9.40. The van der Waals surface area contributed by atoms with Gasteiger partial charge in [0.25, 0.3) is 0 Å². The Morgan fingerprint density at radius 2 is 2.27 bits per heavy atom. The molecule has 1 aromatic rings. The van der Waals surface area contributed by atoms with Gasteiger partial charge in [-0.3, -0.25) is 0 Å². The van der Waals surface area contributed by atoms with E-state index >= 15 is 0 Å². The molecule has 0 radical (unpaired) electrons. The second kappa shape index (κ2) is 6.35. The average molecular weight is 209 g/mol. The molecule has 1 heterocycles. The van der Waals surface area contributed by atoms with Gasteiger partial charge in [-0.15, -0.1) is 0 Å². The minimum absolute atomic E-state index is 0.253. The van der Waals surface area contributed by atoms with E-state index in [1.54, 1.807) is 6.33 Å². The summed E-state index contributed by atoms with van der Waals surface area (Å²) >= 11 is 0. The van der Waals surface area contributed by atoms with E-state index in [9.17, 15) is 0 Å². The molecule has 2 N–H and O–H groups in total. The molecule has 15 heavy (non-hydrogen) atoms. The highest BCUT2D eigenvalue weighted by molar-refractivity contribution is 5.34. The van der Waals surface area contributed by atoms with Crippen LogP contribution in [0.3, 0.4) is 0 Å². The first kappa shape index (κ1) is 11.9.